The van der Waals surface area contributed by atoms with Crippen molar-refractivity contribution in [3.8, 4) is 0 Å². The number of hydrazine groups is 1. The average Bonchev–Trinajstić information content (AvgIpc) is 2.76. The van der Waals surface area contributed by atoms with Crippen molar-refractivity contribution < 1.29 is 4.39 Å². The van der Waals surface area contributed by atoms with Gasteiger partial charge in [-0.15, -0.1) is 11.3 Å². The van der Waals surface area contributed by atoms with Crippen molar-refractivity contribution in [2.75, 3.05) is 0 Å². The summed E-state index contributed by atoms with van der Waals surface area (Å²) >= 11 is 1.45. The molecule has 0 radical (unpaired) electrons. The molecule has 2 aromatic rings. The molecule has 0 saturated carbocycles. The van der Waals surface area contributed by atoms with Crippen LogP contribution in [0.1, 0.15) is 27.6 Å². The Kier molecular flexibility index (Phi) is 3.51. The predicted molar refractivity (Wildman–Crippen MR) is 67.2 cm³/mol. The first-order valence-corrected chi connectivity index (χ1v) is 6.12. The van der Waals surface area contributed by atoms with Crippen LogP contribution in [0.2, 0.25) is 0 Å². The van der Waals surface area contributed by atoms with Crippen molar-refractivity contribution in [1.82, 2.24) is 10.4 Å². The van der Waals surface area contributed by atoms with Gasteiger partial charge in [0.15, 0.2) is 0 Å². The highest BCUT2D eigenvalue weighted by Gasteiger charge is 2.20. The third-order valence-corrected chi connectivity index (χ3v) is 3.51. The second-order valence-corrected chi connectivity index (χ2v) is 4.90. The first kappa shape index (κ1) is 12.2. The lowest BCUT2D eigenvalue weighted by Gasteiger charge is -2.18. The number of nitrogens with zero attached hydrogens (tertiary/aromatic N) is 1. The maximum Gasteiger partial charge on any atom is 0.128 e. The van der Waals surface area contributed by atoms with Gasteiger partial charge in [0.25, 0.3) is 0 Å². The summed E-state index contributed by atoms with van der Waals surface area (Å²) in [5.74, 6) is 5.30. The van der Waals surface area contributed by atoms with E-state index >= 15 is 0 Å². The molecule has 0 aliphatic heterocycles. The minimum Gasteiger partial charge on any atom is -0.271 e. The van der Waals surface area contributed by atoms with Crippen LogP contribution < -0.4 is 11.3 Å². The number of thiazole rings is 1. The molecule has 1 unspecified atom stereocenters. The zero-order valence-electron chi connectivity index (χ0n) is 9.70. The summed E-state index contributed by atoms with van der Waals surface area (Å²) in [5, 5.41) is 0. The summed E-state index contributed by atoms with van der Waals surface area (Å²) in [5.41, 5.74) is 6.74. The summed E-state index contributed by atoms with van der Waals surface area (Å²) in [6, 6.07) is 3.13. The molecule has 1 heterocycles. The van der Waals surface area contributed by atoms with Crippen LogP contribution in [0.4, 0.5) is 4.39 Å². The van der Waals surface area contributed by atoms with Crippen molar-refractivity contribution in [2.45, 2.75) is 19.9 Å². The Morgan fingerprint density at radius 3 is 2.71 bits per heavy atom. The van der Waals surface area contributed by atoms with Crippen LogP contribution in [-0.2, 0) is 0 Å². The normalized spacial score (nSPS) is 12.7. The van der Waals surface area contributed by atoms with Gasteiger partial charge in [0, 0.05) is 16.6 Å². The van der Waals surface area contributed by atoms with Gasteiger partial charge in [0.1, 0.15) is 5.82 Å². The Balaban J connectivity index is 2.52. The van der Waals surface area contributed by atoms with Crippen LogP contribution in [0.3, 0.4) is 0 Å². The number of nitrogens with two attached hydrogens (primary N) is 1. The van der Waals surface area contributed by atoms with E-state index in [4.69, 9.17) is 5.84 Å². The summed E-state index contributed by atoms with van der Waals surface area (Å²) in [6.07, 6.45) is 1.70. The number of benzene rings is 1. The van der Waals surface area contributed by atoms with E-state index in [1.165, 1.54) is 17.4 Å². The standard InChI is InChI=1S/C12H14FN3S/c1-7-3-8(2)11(9(13)4-7)12(16-14)10-5-15-6-17-10/h3-6,12,16H,14H2,1-2H3. The molecule has 0 aliphatic rings. The Labute approximate surface area is 103 Å². The molecule has 90 valence electrons. The fourth-order valence-corrected chi connectivity index (χ4v) is 2.66. The number of hydrogen-bond donors (Lipinski definition) is 2. The Bertz CT molecular complexity index is 487. The minimum absolute atomic E-state index is 0.237. The number of aromatic nitrogens is 1. The van der Waals surface area contributed by atoms with Gasteiger partial charge in [-0.3, -0.25) is 10.8 Å². The molecule has 0 aliphatic carbocycles. The molecule has 3 nitrogen and oxygen atoms in total. The molecule has 5 heteroatoms. The molecule has 1 aromatic heterocycles. The maximum atomic E-state index is 14.0. The molecule has 0 spiro atoms. The summed E-state index contributed by atoms with van der Waals surface area (Å²) in [7, 11) is 0. The second-order valence-electron chi connectivity index (χ2n) is 3.98. The SMILES string of the molecule is Cc1cc(C)c(C(NN)c2cncs2)c(F)c1. The predicted octanol–water partition coefficient (Wildman–Crippen LogP) is 2.45. The lowest BCUT2D eigenvalue weighted by atomic mass is 9.98. The van der Waals surface area contributed by atoms with Gasteiger partial charge in [-0.1, -0.05) is 6.07 Å². The minimum atomic E-state index is -0.344. The zero-order valence-corrected chi connectivity index (χ0v) is 10.5. The highest BCUT2D eigenvalue weighted by Crippen LogP contribution is 2.29. The van der Waals surface area contributed by atoms with Crippen molar-refractivity contribution in [2.24, 2.45) is 5.84 Å². The van der Waals surface area contributed by atoms with E-state index in [0.29, 0.717) is 5.56 Å². The van der Waals surface area contributed by atoms with Crippen molar-refractivity contribution in [1.29, 1.82) is 0 Å². The number of hydrogen-bond acceptors (Lipinski definition) is 4. The Morgan fingerprint density at radius 2 is 2.18 bits per heavy atom. The molecule has 0 bridgehead atoms. The molecule has 3 N–H and O–H groups in total. The van der Waals surface area contributed by atoms with Crippen LogP contribution in [0, 0.1) is 19.7 Å². The van der Waals surface area contributed by atoms with E-state index in [0.717, 1.165) is 16.0 Å². The van der Waals surface area contributed by atoms with E-state index < -0.39 is 0 Å². The second kappa shape index (κ2) is 4.91. The van der Waals surface area contributed by atoms with Gasteiger partial charge in [-0.05, 0) is 31.0 Å². The molecular weight excluding hydrogens is 237 g/mol. The molecule has 2 rings (SSSR count). The van der Waals surface area contributed by atoms with Crippen LogP contribution >= 0.6 is 11.3 Å². The van der Waals surface area contributed by atoms with Gasteiger partial charge in [-0.25, -0.2) is 9.82 Å². The smallest absolute Gasteiger partial charge is 0.128 e. The first-order chi connectivity index (χ1) is 8.13. The van der Waals surface area contributed by atoms with Gasteiger partial charge in [-0.2, -0.15) is 0 Å². The van der Waals surface area contributed by atoms with Gasteiger partial charge in [0.2, 0.25) is 0 Å². The van der Waals surface area contributed by atoms with Gasteiger partial charge in [0.05, 0.1) is 11.6 Å². The van der Waals surface area contributed by atoms with E-state index in [-0.39, 0.29) is 11.9 Å². The third kappa shape index (κ3) is 2.36. The van der Waals surface area contributed by atoms with Crippen molar-refractivity contribution in [3.63, 3.8) is 0 Å². The van der Waals surface area contributed by atoms with Crippen LogP contribution in [0.15, 0.2) is 23.8 Å². The van der Waals surface area contributed by atoms with Crippen LogP contribution in [0.25, 0.3) is 0 Å². The lowest BCUT2D eigenvalue weighted by Crippen LogP contribution is -2.29. The van der Waals surface area contributed by atoms with E-state index in [2.05, 4.69) is 10.4 Å². The van der Waals surface area contributed by atoms with Gasteiger partial charge >= 0.3 is 0 Å². The van der Waals surface area contributed by atoms with Gasteiger partial charge < -0.3 is 0 Å². The lowest BCUT2D eigenvalue weighted by molar-refractivity contribution is 0.560. The number of aryl methyl sites for hydroxylation is 2. The summed E-state index contributed by atoms with van der Waals surface area (Å²) < 4.78 is 14.0. The topological polar surface area (TPSA) is 50.9 Å². The molecule has 0 fully saturated rings. The number of halogens is 1. The highest BCUT2D eigenvalue weighted by molar-refractivity contribution is 7.09. The number of nitrogens with one attached hydrogen (secondary N) is 1. The summed E-state index contributed by atoms with van der Waals surface area (Å²) in [4.78, 5) is 4.90. The molecule has 1 atom stereocenters. The van der Waals surface area contributed by atoms with Crippen molar-refractivity contribution in [3.05, 3.63) is 51.2 Å². The first-order valence-electron chi connectivity index (χ1n) is 5.24. The average molecular weight is 251 g/mol. The largest absolute Gasteiger partial charge is 0.271 e. The van der Waals surface area contributed by atoms with Crippen LogP contribution in [0.5, 0.6) is 0 Å². The third-order valence-electron chi connectivity index (χ3n) is 2.67. The quantitative estimate of drug-likeness (QED) is 0.651. The van der Waals surface area contributed by atoms with Crippen molar-refractivity contribution >= 4 is 11.3 Å². The Morgan fingerprint density at radius 1 is 1.41 bits per heavy atom. The highest BCUT2D eigenvalue weighted by atomic mass is 32.1. The number of rotatable bonds is 3. The molecule has 0 saturated heterocycles. The zero-order chi connectivity index (χ0) is 12.4. The van der Waals surface area contributed by atoms with E-state index in [1.54, 1.807) is 11.7 Å². The van der Waals surface area contributed by atoms with E-state index in [1.807, 2.05) is 19.9 Å². The fraction of sp³-hybridized carbons (Fsp3) is 0.250. The maximum absolute atomic E-state index is 14.0. The summed E-state index contributed by atoms with van der Waals surface area (Å²) in [6.45, 7) is 3.76. The van der Waals surface area contributed by atoms with Crippen LogP contribution in [-0.4, -0.2) is 4.98 Å². The Hall–Kier alpha value is -1.30. The molecule has 0 amide bonds. The molecule has 1 aromatic carbocycles. The van der Waals surface area contributed by atoms with E-state index in [9.17, 15) is 4.39 Å². The monoisotopic (exact) mass is 251 g/mol. The fourth-order valence-electron chi connectivity index (χ4n) is 1.97. The molecule has 17 heavy (non-hydrogen) atoms. The molecular formula is C12H14FN3S.